The number of sulfonamides is 1. The summed E-state index contributed by atoms with van der Waals surface area (Å²) in [6, 6.07) is 4.30. The molecule has 0 fully saturated rings. The van der Waals surface area contributed by atoms with Crippen molar-refractivity contribution >= 4 is 15.7 Å². The molecule has 0 bridgehead atoms. The summed E-state index contributed by atoms with van der Waals surface area (Å²) in [6.07, 6.45) is 0.910. The smallest absolute Gasteiger partial charge is 0.241 e. The van der Waals surface area contributed by atoms with Gasteiger partial charge in [-0.1, -0.05) is 6.92 Å². The van der Waals surface area contributed by atoms with Gasteiger partial charge in [-0.05, 0) is 31.9 Å². The summed E-state index contributed by atoms with van der Waals surface area (Å²) in [5.41, 5.74) is 5.35. The molecule has 0 radical (unpaired) electrons. The first-order valence-corrected chi connectivity index (χ1v) is 7.84. The van der Waals surface area contributed by atoms with Crippen molar-refractivity contribution in [1.29, 1.82) is 0 Å². The Balaban J connectivity index is 3.11. The molecular weight excluding hydrogens is 280 g/mol. The molecule has 0 aliphatic heterocycles. The van der Waals surface area contributed by atoms with E-state index in [9.17, 15) is 8.42 Å². The fourth-order valence-corrected chi connectivity index (χ4v) is 3.31. The zero-order valence-corrected chi connectivity index (χ0v) is 12.8. The molecule has 0 saturated heterocycles. The first kappa shape index (κ1) is 16.7. The van der Waals surface area contributed by atoms with Crippen molar-refractivity contribution in [2.75, 3.05) is 19.5 Å². The molecule has 1 unspecified atom stereocenters. The first-order valence-electron chi connectivity index (χ1n) is 6.36. The molecule has 1 rings (SSSR count). The van der Waals surface area contributed by atoms with E-state index in [1.165, 1.54) is 25.3 Å². The molecule has 114 valence electrons. The average Bonchev–Trinajstić information content (AvgIpc) is 2.38. The Labute approximate surface area is 120 Å². The summed E-state index contributed by atoms with van der Waals surface area (Å²) in [5, 5.41) is 9.05. The predicted octanol–water partition coefficient (Wildman–Crippen LogP) is 1.11. The van der Waals surface area contributed by atoms with Crippen LogP contribution in [0.1, 0.15) is 26.7 Å². The van der Waals surface area contributed by atoms with Gasteiger partial charge in [0.15, 0.2) is 0 Å². The lowest BCUT2D eigenvalue weighted by atomic mass is 9.97. The number of hydrogen-bond donors (Lipinski definition) is 3. The summed E-state index contributed by atoms with van der Waals surface area (Å²) in [7, 11) is -2.27. The van der Waals surface area contributed by atoms with Crippen LogP contribution in [0.3, 0.4) is 0 Å². The van der Waals surface area contributed by atoms with Crippen LogP contribution in [0.4, 0.5) is 5.69 Å². The van der Waals surface area contributed by atoms with Crippen LogP contribution in [0.15, 0.2) is 23.1 Å². The maximum absolute atomic E-state index is 12.4. The van der Waals surface area contributed by atoms with Gasteiger partial charge in [0.2, 0.25) is 10.0 Å². The van der Waals surface area contributed by atoms with Gasteiger partial charge in [0, 0.05) is 18.2 Å². The van der Waals surface area contributed by atoms with Crippen molar-refractivity contribution in [3.05, 3.63) is 18.2 Å². The SMILES string of the molecule is CCC(C)(CCO)NS(=O)(=O)c1ccc(N)c(OC)c1. The molecule has 0 saturated carbocycles. The third-order valence-electron chi connectivity index (χ3n) is 3.34. The molecule has 0 aliphatic rings. The van der Waals surface area contributed by atoms with Crippen molar-refractivity contribution in [2.24, 2.45) is 0 Å². The highest BCUT2D eigenvalue weighted by Gasteiger charge is 2.29. The van der Waals surface area contributed by atoms with Gasteiger partial charge < -0.3 is 15.6 Å². The topological polar surface area (TPSA) is 102 Å². The number of hydrogen-bond acceptors (Lipinski definition) is 5. The van der Waals surface area contributed by atoms with Gasteiger partial charge >= 0.3 is 0 Å². The summed E-state index contributed by atoms with van der Waals surface area (Å²) in [5.74, 6) is 0.313. The summed E-state index contributed by atoms with van der Waals surface area (Å²) in [4.78, 5) is 0.0844. The van der Waals surface area contributed by atoms with Gasteiger partial charge in [-0.25, -0.2) is 13.1 Å². The molecule has 0 spiro atoms. The standard InChI is InChI=1S/C13H22N2O4S/c1-4-13(2,7-8-16)15-20(17,18)10-5-6-11(14)12(9-10)19-3/h5-6,9,15-16H,4,7-8,14H2,1-3H3. The van der Waals surface area contributed by atoms with E-state index in [1.54, 1.807) is 6.92 Å². The number of ether oxygens (including phenoxy) is 1. The van der Waals surface area contributed by atoms with Crippen molar-refractivity contribution in [3.8, 4) is 5.75 Å². The minimum Gasteiger partial charge on any atom is -0.495 e. The zero-order valence-electron chi connectivity index (χ0n) is 12.0. The molecule has 0 heterocycles. The second-order valence-electron chi connectivity index (χ2n) is 4.90. The molecule has 0 amide bonds. The van der Waals surface area contributed by atoms with Gasteiger partial charge in [-0.3, -0.25) is 0 Å². The van der Waals surface area contributed by atoms with Crippen LogP contribution in [-0.2, 0) is 10.0 Å². The Morgan fingerprint density at radius 1 is 1.45 bits per heavy atom. The molecule has 4 N–H and O–H groups in total. The first-order chi connectivity index (χ1) is 9.28. The van der Waals surface area contributed by atoms with Gasteiger partial charge in [-0.15, -0.1) is 0 Å². The van der Waals surface area contributed by atoms with E-state index in [-0.39, 0.29) is 11.5 Å². The average molecular weight is 302 g/mol. The number of aliphatic hydroxyl groups is 1. The van der Waals surface area contributed by atoms with Crippen LogP contribution in [0.2, 0.25) is 0 Å². The molecule has 1 aromatic carbocycles. The van der Waals surface area contributed by atoms with E-state index in [1.807, 2.05) is 6.92 Å². The Morgan fingerprint density at radius 3 is 2.60 bits per heavy atom. The molecule has 7 heteroatoms. The molecule has 6 nitrogen and oxygen atoms in total. The number of nitrogens with two attached hydrogens (primary N) is 1. The van der Waals surface area contributed by atoms with Crippen LogP contribution in [0.5, 0.6) is 5.75 Å². The number of methoxy groups -OCH3 is 1. The second-order valence-corrected chi connectivity index (χ2v) is 6.58. The van der Waals surface area contributed by atoms with Crippen molar-refractivity contribution < 1.29 is 18.3 Å². The second kappa shape index (κ2) is 6.43. The third-order valence-corrected chi connectivity index (χ3v) is 4.98. The molecule has 0 aromatic heterocycles. The van der Waals surface area contributed by atoms with E-state index in [0.29, 0.717) is 24.3 Å². The minimum absolute atomic E-state index is 0.0844. The van der Waals surface area contributed by atoms with Crippen molar-refractivity contribution in [3.63, 3.8) is 0 Å². The maximum atomic E-state index is 12.4. The van der Waals surface area contributed by atoms with Crippen LogP contribution >= 0.6 is 0 Å². The molecule has 20 heavy (non-hydrogen) atoms. The van der Waals surface area contributed by atoms with Gasteiger partial charge in [0.05, 0.1) is 17.7 Å². The predicted molar refractivity (Wildman–Crippen MR) is 78.1 cm³/mol. The Kier molecular flexibility index (Phi) is 5.38. The third kappa shape index (κ3) is 3.84. The fraction of sp³-hybridized carbons (Fsp3) is 0.538. The van der Waals surface area contributed by atoms with E-state index in [2.05, 4.69) is 4.72 Å². The van der Waals surface area contributed by atoms with Gasteiger partial charge in [-0.2, -0.15) is 0 Å². The molecule has 0 aliphatic carbocycles. The number of rotatable bonds is 7. The maximum Gasteiger partial charge on any atom is 0.241 e. The number of aliphatic hydroxyl groups excluding tert-OH is 1. The van der Waals surface area contributed by atoms with Crippen LogP contribution < -0.4 is 15.2 Å². The highest BCUT2D eigenvalue weighted by Crippen LogP contribution is 2.26. The lowest BCUT2D eigenvalue weighted by Crippen LogP contribution is -2.46. The fourth-order valence-electron chi connectivity index (χ4n) is 1.79. The van der Waals surface area contributed by atoms with E-state index in [4.69, 9.17) is 15.6 Å². The minimum atomic E-state index is -3.70. The number of benzene rings is 1. The van der Waals surface area contributed by atoms with Gasteiger partial charge in [0.25, 0.3) is 0 Å². The lowest BCUT2D eigenvalue weighted by Gasteiger charge is -2.28. The van der Waals surface area contributed by atoms with Crippen LogP contribution in [-0.4, -0.2) is 32.8 Å². The Hall–Kier alpha value is -1.31. The number of nitrogens with one attached hydrogen (secondary N) is 1. The van der Waals surface area contributed by atoms with E-state index >= 15 is 0 Å². The monoisotopic (exact) mass is 302 g/mol. The number of nitrogen functional groups attached to an aromatic ring is 1. The Bertz CT molecular complexity index is 559. The van der Waals surface area contributed by atoms with E-state index in [0.717, 1.165) is 0 Å². The van der Waals surface area contributed by atoms with Crippen LogP contribution in [0, 0.1) is 0 Å². The molecule has 1 atom stereocenters. The molecule has 1 aromatic rings. The zero-order chi connectivity index (χ0) is 15.4. The quantitative estimate of drug-likeness (QED) is 0.655. The Morgan fingerprint density at radius 2 is 2.10 bits per heavy atom. The summed E-state index contributed by atoms with van der Waals surface area (Å²) >= 11 is 0. The highest BCUT2D eigenvalue weighted by molar-refractivity contribution is 7.89. The molecular formula is C13H22N2O4S. The lowest BCUT2D eigenvalue weighted by molar-refractivity contribution is 0.233. The van der Waals surface area contributed by atoms with E-state index < -0.39 is 15.6 Å². The van der Waals surface area contributed by atoms with Crippen molar-refractivity contribution in [2.45, 2.75) is 37.1 Å². The largest absolute Gasteiger partial charge is 0.495 e. The summed E-state index contributed by atoms with van der Waals surface area (Å²) < 4.78 is 32.4. The van der Waals surface area contributed by atoms with Crippen LogP contribution in [0.25, 0.3) is 0 Å². The normalized spacial score (nSPS) is 14.8. The number of anilines is 1. The van der Waals surface area contributed by atoms with Gasteiger partial charge in [0.1, 0.15) is 5.75 Å². The summed E-state index contributed by atoms with van der Waals surface area (Å²) in [6.45, 7) is 3.54. The van der Waals surface area contributed by atoms with Crippen molar-refractivity contribution in [1.82, 2.24) is 4.72 Å². The highest BCUT2D eigenvalue weighted by atomic mass is 32.2.